The van der Waals surface area contributed by atoms with Crippen LogP contribution in [0.4, 0.5) is 5.69 Å². The maximum atomic E-state index is 11.3. The molecule has 0 bridgehead atoms. The van der Waals surface area contributed by atoms with E-state index in [0.29, 0.717) is 17.9 Å². The molecule has 0 atom stereocenters. The van der Waals surface area contributed by atoms with Crippen LogP contribution in [0.15, 0.2) is 42.5 Å². The number of ether oxygens (including phenoxy) is 1. The molecule has 26 heavy (non-hydrogen) atoms. The van der Waals surface area contributed by atoms with Gasteiger partial charge in [-0.15, -0.1) is 0 Å². The molecule has 0 saturated heterocycles. The molecule has 0 aliphatic rings. The third-order valence-electron chi connectivity index (χ3n) is 4.28. The van der Waals surface area contributed by atoms with E-state index in [9.17, 15) is 9.90 Å². The quantitative estimate of drug-likeness (QED) is 0.634. The molecule has 0 spiro atoms. The van der Waals surface area contributed by atoms with Crippen molar-refractivity contribution in [2.45, 2.75) is 46.0 Å². The first-order valence-electron chi connectivity index (χ1n) is 9.08. The third kappa shape index (κ3) is 5.80. The Hall–Kier alpha value is -2.49. The lowest BCUT2D eigenvalue weighted by molar-refractivity contribution is 0.0698. The number of benzene rings is 2. The van der Waals surface area contributed by atoms with Crippen molar-refractivity contribution in [1.29, 1.82) is 0 Å². The van der Waals surface area contributed by atoms with E-state index in [2.05, 4.69) is 38.2 Å². The zero-order chi connectivity index (χ0) is 19.2. The molecule has 2 rings (SSSR count). The SMILES string of the molecule is Cc1ccc(NCCCCOc2ccc(C(C)(C)C)cc2)c(C(=O)O)c1. The Morgan fingerprint density at radius 3 is 2.38 bits per heavy atom. The van der Waals surface area contributed by atoms with Gasteiger partial charge in [-0.1, -0.05) is 44.5 Å². The molecule has 4 heteroatoms. The fourth-order valence-electron chi connectivity index (χ4n) is 2.68. The van der Waals surface area contributed by atoms with Gasteiger partial charge in [0.15, 0.2) is 0 Å². The molecule has 0 saturated carbocycles. The highest BCUT2D eigenvalue weighted by atomic mass is 16.5. The van der Waals surface area contributed by atoms with Crippen LogP contribution in [0.1, 0.15) is 55.1 Å². The highest BCUT2D eigenvalue weighted by Crippen LogP contribution is 2.24. The summed E-state index contributed by atoms with van der Waals surface area (Å²) >= 11 is 0. The molecule has 2 aromatic rings. The summed E-state index contributed by atoms with van der Waals surface area (Å²) in [4.78, 5) is 11.3. The summed E-state index contributed by atoms with van der Waals surface area (Å²) in [7, 11) is 0. The van der Waals surface area contributed by atoms with Crippen molar-refractivity contribution in [3.63, 3.8) is 0 Å². The maximum Gasteiger partial charge on any atom is 0.337 e. The van der Waals surface area contributed by atoms with Gasteiger partial charge in [-0.2, -0.15) is 0 Å². The van der Waals surface area contributed by atoms with Crippen LogP contribution in [-0.4, -0.2) is 24.2 Å². The number of hydrogen-bond donors (Lipinski definition) is 2. The van der Waals surface area contributed by atoms with Crippen LogP contribution in [0.5, 0.6) is 5.75 Å². The molecule has 0 aliphatic carbocycles. The smallest absolute Gasteiger partial charge is 0.337 e. The maximum absolute atomic E-state index is 11.3. The monoisotopic (exact) mass is 355 g/mol. The van der Waals surface area contributed by atoms with Gasteiger partial charge >= 0.3 is 5.97 Å². The predicted octanol–water partition coefficient (Wildman–Crippen LogP) is 5.26. The first-order chi connectivity index (χ1) is 12.3. The highest BCUT2D eigenvalue weighted by Gasteiger charge is 2.13. The van der Waals surface area contributed by atoms with Gasteiger partial charge in [-0.3, -0.25) is 0 Å². The van der Waals surface area contributed by atoms with Crippen molar-refractivity contribution in [1.82, 2.24) is 0 Å². The fraction of sp³-hybridized carbons (Fsp3) is 0.409. The summed E-state index contributed by atoms with van der Waals surface area (Å²) in [5.41, 5.74) is 3.37. The summed E-state index contributed by atoms with van der Waals surface area (Å²) in [6, 6.07) is 13.7. The van der Waals surface area contributed by atoms with Crippen LogP contribution in [0, 0.1) is 6.92 Å². The molecule has 140 valence electrons. The van der Waals surface area contributed by atoms with Gasteiger partial charge in [-0.05, 0) is 55.0 Å². The van der Waals surface area contributed by atoms with Gasteiger partial charge in [0.05, 0.1) is 12.2 Å². The van der Waals surface area contributed by atoms with Crippen LogP contribution in [0.2, 0.25) is 0 Å². The predicted molar refractivity (Wildman–Crippen MR) is 106 cm³/mol. The minimum atomic E-state index is -0.904. The van der Waals surface area contributed by atoms with Crippen molar-refractivity contribution in [2.75, 3.05) is 18.5 Å². The molecule has 2 N–H and O–H groups in total. The first-order valence-corrected chi connectivity index (χ1v) is 9.08. The Bertz CT molecular complexity index is 730. The number of nitrogens with one attached hydrogen (secondary N) is 1. The standard InChI is InChI=1S/C22H29NO3/c1-16-7-12-20(19(15-16)21(24)25)23-13-5-6-14-26-18-10-8-17(9-11-18)22(2,3)4/h7-12,15,23H,5-6,13-14H2,1-4H3,(H,24,25). The van der Waals surface area contributed by atoms with E-state index in [1.54, 1.807) is 6.07 Å². The van der Waals surface area contributed by atoms with Gasteiger partial charge in [-0.25, -0.2) is 4.79 Å². The molecule has 0 aliphatic heterocycles. The molecule has 0 heterocycles. The Balaban J connectivity index is 1.72. The van der Waals surface area contributed by atoms with Gasteiger partial charge < -0.3 is 15.2 Å². The second kappa shape index (κ2) is 8.75. The van der Waals surface area contributed by atoms with Gasteiger partial charge in [0, 0.05) is 12.2 Å². The van der Waals surface area contributed by atoms with Crippen molar-refractivity contribution in [3.05, 3.63) is 59.2 Å². The second-order valence-corrected chi connectivity index (χ2v) is 7.61. The number of anilines is 1. The number of carboxylic acids is 1. The summed E-state index contributed by atoms with van der Waals surface area (Å²) in [6.45, 7) is 9.84. The van der Waals surface area contributed by atoms with E-state index in [4.69, 9.17) is 4.74 Å². The lowest BCUT2D eigenvalue weighted by atomic mass is 9.87. The topological polar surface area (TPSA) is 58.6 Å². The number of rotatable bonds is 8. The van der Waals surface area contributed by atoms with Gasteiger partial charge in [0.25, 0.3) is 0 Å². The zero-order valence-electron chi connectivity index (χ0n) is 16.1. The molecule has 0 fully saturated rings. The number of unbranched alkanes of at least 4 members (excludes halogenated alkanes) is 1. The van der Waals surface area contributed by atoms with Crippen molar-refractivity contribution in [3.8, 4) is 5.75 Å². The first kappa shape index (κ1) is 19.8. The third-order valence-corrected chi connectivity index (χ3v) is 4.28. The molecule has 4 nitrogen and oxygen atoms in total. The van der Waals surface area contributed by atoms with E-state index >= 15 is 0 Å². The fourth-order valence-corrected chi connectivity index (χ4v) is 2.68. The largest absolute Gasteiger partial charge is 0.494 e. The van der Waals surface area contributed by atoms with Crippen LogP contribution < -0.4 is 10.1 Å². The lowest BCUT2D eigenvalue weighted by Gasteiger charge is -2.19. The highest BCUT2D eigenvalue weighted by molar-refractivity contribution is 5.94. The Kier molecular flexibility index (Phi) is 6.67. The average molecular weight is 355 g/mol. The average Bonchev–Trinajstić information content (AvgIpc) is 2.58. The summed E-state index contributed by atoms with van der Waals surface area (Å²) in [5, 5.41) is 12.5. The van der Waals surface area contributed by atoms with Crippen molar-refractivity contribution in [2.24, 2.45) is 0 Å². The van der Waals surface area contributed by atoms with Crippen molar-refractivity contribution >= 4 is 11.7 Å². The molecule has 0 amide bonds. The lowest BCUT2D eigenvalue weighted by Crippen LogP contribution is -2.11. The summed E-state index contributed by atoms with van der Waals surface area (Å²) < 4.78 is 5.78. The van der Waals surface area contributed by atoms with Crippen LogP contribution >= 0.6 is 0 Å². The van der Waals surface area contributed by atoms with E-state index < -0.39 is 5.97 Å². The minimum Gasteiger partial charge on any atom is -0.494 e. The minimum absolute atomic E-state index is 0.148. The Morgan fingerprint density at radius 1 is 1.08 bits per heavy atom. The second-order valence-electron chi connectivity index (χ2n) is 7.61. The van der Waals surface area contributed by atoms with E-state index in [0.717, 1.165) is 30.7 Å². The summed E-state index contributed by atoms with van der Waals surface area (Å²) in [6.07, 6.45) is 1.81. The molecular formula is C22H29NO3. The van der Waals surface area contributed by atoms with Crippen LogP contribution in [-0.2, 0) is 5.41 Å². The molecule has 2 aromatic carbocycles. The van der Waals surface area contributed by atoms with E-state index in [1.807, 2.05) is 31.2 Å². The van der Waals surface area contributed by atoms with Gasteiger partial charge in [0.1, 0.15) is 5.75 Å². The Labute approximate surface area is 156 Å². The Morgan fingerprint density at radius 2 is 1.77 bits per heavy atom. The van der Waals surface area contributed by atoms with Crippen molar-refractivity contribution < 1.29 is 14.6 Å². The molecular weight excluding hydrogens is 326 g/mol. The van der Waals surface area contributed by atoms with E-state index in [-0.39, 0.29) is 5.41 Å². The number of hydrogen-bond acceptors (Lipinski definition) is 3. The molecule has 0 unspecified atom stereocenters. The normalized spacial score (nSPS) is 11.2. The van der Waals surface area contributed by atoms with Crippen LogP contribution in [0.25, 0.3) is 0 Å². The molecule has 0 radical (unpaired) electrons. The number of aromatic carboxylic acids is 1. The zero-order valence-corrected chi connectivity index (χ0v) is 16.1. The van der Waals surface area contributed by atoms with E-state index in [1.165, 1.54) is 5.56 Å². The van der Waals surface area contributed by atoms with Gasteiger partial charge in [0.2, 0.25) is 0 Å². The number of aryl methyl sites for hydroxylation is 1. The number of carbonyl (C=O) groups is 1. The van der Waals surface area contributed by atoms with Crippen LogP contribution in [0.3, 0.4) is 0 Å². The molecule has 0 aromatic heterocycles. The summed E-state index contributed by atoms with van der Waals surface area (Å²) in [5.74, 6) is -0.0177. The number of carboxylic acid groups (broad SMARTS) is 1.